The van der Waals surface area contributed by atoms with Gasteiger partial charge in [-0.15, -0.1) is 0 Å². The molecule has 0 spiro atoms. The van der Waals surface area contributed by atoms with Crippen LogP contribution in [0, 0.1) is 0 Å². The number of carbonyl (C=O) groups excluding carboxylic acids is 3. The van der Waals surface area contributed by atoms with Crippen molar-refractivity contribution in [2.45, 2.75) is 12.8 Å². The normalized spacial score (nSPS) is 13.1. The van der Waals surface area contributed by atoms with Crippen LogP contribution < -0.4 is 10.6 Å². The maximum absolute atomic E-state index is 12.3. The first-order chi connectivity index (χ1) is 13.9. The summed E-state index contributed by atoms with van der Waals surface area (Å²) >= 11 is 0. The number of benzene rings is 2. The molecular weight excluding hydrogens is 368 g/mol. The minimum Gasteiger partial charge on any atom is -0.376 e. The maximum atomic E-state index is 12.3. The van der Waals surface area contributed by atoms with Crippen molar-refractivity contribution in [3.8, 4) is 0 Å². The fraction of sp³-hybridized carbons (Fsp3) is 0.318. The van der Waals surface area contributed by atoms with Crippen LogP contribution >= 0.6 is 0 Å². The van der Waals surface area contributed by atoms with Gasteiger partial charge in [-0.2, -0.15) is 0 Å². The second kappa shape index (κ2) is 9.23. The van der Waals surface area contributed by atoms with Gasteiger partial charge >= 0.3 is 0 Å². The standard InChI is InChI=1S/C22H26N4O3/c1-25(2)21(28)16-7-11-19(12-8-16)24-20(27)15-23-18-9-5-17(6-10-18)22(29)26-13-3-4-14-26/h5-12,23H,3-4,13-15H2,1-2H3,(H,24,27). The summed E-state index contributed by atoms with van der Waals surface area (Å²) in [6.45, 7) is 1.74. The Balaban J connectivity index is 1.49. The molecule has 0 radical (unpaired) electrons. The van der Waals surface area contributed by atoms with Crippen LogP contribution in [0.2, 0.25) is 0 Å². The third-order valence-corrected chi connectivity index (χ3v) is 4.80. The Bertz CT molecular complexity index is 870. The molecule has 0 bridgehead atoms. The lowest BCUT2D eigenvalue weighted by atomic mass is 10.2. The number of hydrogen-bond donors (Lipinski definition) is 2. The highest BCUT2D eigenvalue weighted by Crippen LogP contribution is 2.16. The van der Waals surface area contributed by atoms with Gasteiger partial charge in [0.25, 0.3) is 11.8 Å². The predicted octanol–water partition coefficient (Wildman–Crippen LogP) is 2.68. The largest absolute Gasteiger partial charge is 0.376 e. The van der Waals surface area contributed by atoms with Crippen LogP contribution in [0.1, 0.15) is 33.6 Å². The summed E-state index contributed by atoms with van der Waals surface area (Å²) in [4.78, 5) is 39.8. The molecule has 3 amide bonds. The number of rotatable bonds is 6. The van der Waals surface area contributed by atoms with Crippen LogP contribution in [0.15, 0.2) is 48.5 Å². The van der Waals surface area contributed by atoms with Gasteiger partial charge in [-0.25, -0.2) is 0 Å². The van der Waals surface area contributed by atoms with Gasteiger partial charge in [0.05, 0.1) is 6.54 Å². The second-order valence-corrected chi connectivity index (χ2v) is 7.26. The number of amides is 3. The molecule has 1 heterocycles. The van der Waals surface area contributed by atoms with Crippen molar-refractivity contribution in [3.63, 3.8) is 0 Å². The topological polar surface area (TPSA) is 81.8 Å². The average molecular weight is 394 g/mol. The number of likely N-dealkylation sites (tertiary alicyclic amines) is 1. The van der Waals surface area contributed by atoms with Gasteiger partial charge in [0.15, 0.2) is 0 Å². The molecule has 1 aliphatic heterocycles. The van der Waals surface area contributed by atoms with E-state index in [-0.39, 0.29) is 24.3 Å². The van der Waals surface area contributed by atoms with E-state index in [1.807, 2.05) is 4.90 Å². The Morgan fingerprint density at radius 3 is 2.00 bits per heavy atom. The summed E-state index contributed by atoms with van der Waals surface area (Å²) in [5.74, 6) is -0.229. The van der Waals surface area contributed by atoms with Gasteiger partial charge in [-0.3, -0.25) is 14.4 Å². The van der Waals surface area contributed by atoms with Crippen LogP contribution in [0.4, 0.5) is 11.4 Å². The zero-order chi connectivity index (χ0) is 20.8. The van der Waals surface area contributed by atoms with Crippen molar-refractivity contribution in [1.82, 2.24) is 9.80 Å². The highest BCUT2D eigenvalue weighted by atomic mass is 16.2. The lowest BCUT2D eigenvalue weighted by molar-refractivity contribution is -0.114. The van der Waals surface area contributed by atoms with E-state index in [4.69, 9.17) is 0 Å². The van der Waals surface area contributed by atoms with E-state index in [9.17, 15) is 14.4 Å². The molecule has 0 aromatic heterocycles. The van der Waals surface area contributed by atoms with Gasteiger partial charge in [-0.1, -0.05) is 0 Å². The van der Waals surface area contributed by atoms with Crippen LogP contribution in [0.25, 0.3) is 0 Å². The number of anilines is 2. The fourth-order valence-electron chi connectivity index (χ4n) is 3.18. The van der Waals surface area contributed by atoms with Crippen molar-refractivity contribution in [2.75, 3.05) is 44.4 Å². The van der Waals surface area contributed by atoms with E-state index >= 15 is 0 Å². The molecule has 152 valence electrons. The Hall–Kier alpha value is -3.35. The van der Waals surface area contributed by atoms with Gasteiger partial charge < -0.3 is 20.4 Å². The van der Waals surface area contributed by atoms with Crippen molar-refractivity contribution in [2.24, 2.45) is 0 Å². The number of nitrogens with one attached hydrogen (secondary N) is 2. The Morgan fingerprint density at radius 1 is 0.862 bits per heavy atom. The van der Waals surface area contributed by atoms with Crippen molar-refractivity contribution in [1.29, 1.82) is 0 Å². The summed E-state index contributed by atoms with van der Waals surface area (Å²) < 4.78 is 0. The van der Waals surface area contributed by atoms with E-state index < -0.39 is 0 Å². The zero-order valence-electron chi connectivity index (χ0n) is 16.8. The molecule has 2 N–H and O–H groups in total. The van der Waals surface area contributed by atoms with E-state index in [1.165, 1.54) is 4.90 Å². The molecule has 1 aliphatic rings. The fourth-order valence-corrected chi connectivity index (χ4v) is 3.18. The Morgan fingerprint density at radius 2 is 1.41 bits per heavy atom. The van der Waals surface area contributed by atoms with Gasteiger partial charge in [0.2, 0.25) is 5.91 Å². The monoisotopic (exact) mass is 394 g/mol. The SMILES string of the molecule is CN(C)C(=O)c1ccc(NC(=O)CNc2ccc(C(=O)N3CCCC3)cc2)cc1. The highest BCUT2D eigenvalue weighted by Gasteiger charge is 2.19. The Labute approximate surface area is 170 Å². The lowest BCUT2D eigenvalue weighted by Crippen LogP contribution is -2.27. The first kappa shape index (κ1) is 20.4. The van der Waals surface area contributed by atoms with E-state index in [1.54, 1.807) is 62.6 Å². The summed E-state index contributed by atoms with van der Waals surface area (Å²) in [5, 5.41) is 5.83. The number of carbonyl (C=O) groups is 3. The van der Waals surface area contributed by atoms with Crippen LogP contribution in [-0.4, -0.2) is 61.3 Å². The molecule has 0 saturated carbocycles. The maximum Gasteiger partial charge on any atom is 0.253 e. The molecule has 1 fully saturated rings. The van der Waals surface area contributed by atoms with Crippen molar-refractivity contribution in [3.05, 3.63) is 59.7 Å². The van der Waals surface area contributed by atoms with Crippen LogP contribution in [-0.2, 0) is 4.79 Å². The summed E-state index contributed by atoms with van der Waals surface area (Å²) in [6, 6.07) is 13.9. The first-order valence-electron chi connectivity index (χ1n) is 9.69. The summed E-state index contributed by atoms with van der Waals surface area (Å²) in [6.07, 6.45) is 2.13. The van der Waals surface area contributed by atoms with Crippen molar-refractivity contribution < 1.29 is 14.4 Å². The quantitative estimate of drug-likeness (QED) is 0.789. The highest BCUT2D eigenvalue weighted by molar-refractivity contribution is 5.97. The lowest BCUT2D eigenvalue weighted by Gasteiger charge is -2.15. The zero-order valence-corrected chi connectivity index (χ0v) is 16.8. The third kappa shape index (κ3) is 5.34. The molecule has 3 rings (SSSR count). The molecule has 2 aromatic carbocycles. The average Bonchev–Trinajstić information content (AvgIpc) is 3.27. The number of hydrogen-bond acceptors (Lipinski definition) is 4. The molecule has 0 atom stereocenters. The molecule has 7 nitrogen and oxygen atoms in total. The molecule has 1 saturated heterocycles. The van der Waals surface area contributed by atoms with E-state index in [2.05, 4.69) is 10.6 Å². The molecule has 0 unspecified atom stereocenters. The van der Waals surface area contributed by atoms with E-state index in [0.717, 1.165) is 31.6 Å². The van der Waals surface area contributed by atoms with E-state index in [0.29, 0.717) is 16.8 Å². The smallest absolute Gasteiger partial charge is 0.253 e. The number of nitrogens with zero attached hydrogens (tertiary/aromatic N) is 2. The van der Waals surface area contributed by atoms with Gasteiger partial charge in [-0.05, 0) is 61.4 Å². The van der Waals surface area contributed by atoms with Gasteiger partial charge in [0, 0.05) is 49.7 Å². The minimum absolute atomic E-state index is 0.0583. The Kier molecular flexibility index (Phi) is 6.49. The predicted molar refractivity (Wildman–Crippen MR) is 113 cm³/mol. The molecule has 2 aromatic rings. The van der Waals surface area contributed by atoms with Crippen molar-refractivity contribution >= 4 is 29.1 Å². The molecule has 7 heteroatoms. The van der Waals surface area contributed by atoms with Crippen LogP contribution in [0.3, 0.4) is 0 Å². The van der Waals surface area contributed by atoms with Crippen LogP contribution in [0.5, 0.6) is 0 Å². The molecular formula is C22H26N4O3. The third-order valence-electron chi connectivity index (χ3n) is 4.80. The minimum atomic E-state index is -0.200. The summed E-state index contributed by atoms with van der Waals surface area (Å²) in [5.41, 5.74) is 2.62. The van der Waals surface area contributed by atoms with Gasteiger partial charge in [0.1, 0.15) is 0 Å². The molecule has 0 aliphatic carbocycles. The second-order valence-electron chi connectivity index (χ2n) is 7.26. The first-order valence-corrected chi connectivity index (χ1v) is 9.69. The summed E-state index contributed by atoms with van der Waals surface area (Å²) in [7, 11) is 3.39. The molecule has 29 heavy (non-hydrogen) atoms.